The summed E-state index contributed by atoms with van der Waals surface area (Å²) >= 11 is 5.73. The fourth-order valence-electron chi connectivity index (χ4n) is 1.57. The zero-order chi connectivity index (χ0) is 16.0. The lowest BCUT2D eigenvalue weighted by Gasteiger charge is -2.13. The number of carbonyl (C=O) groups excluding carboxylic acids is 2. The van der Waals surface area contributed by atoms with Crippen LogP contribution in [0.5, 0.6) is 0 Å². The molecule has 0 saturated carbocycles. The van der Waals surface area contributed by atoms with Crippen LogP contribution in [0, 0.1) is 0 Å². The van der Waals surface area contributed by atoms with E-state index < -0.39 is 30.2 Å². The van der Waals surface area contributed by atoms with Gasteiger partial charge in [0, 0.05) is 25.2 Å². The average Bonchev–Trinajstić information content (AvgIpc) is 2.38. The van der Waals surface area contributed by atoms with Crippen molar-refractivity contribution in [2.45, 2.75) is 25.4 Å². The van der Waals surface area contributed by atoms with Gasteiger partial charge in [-0.1, -0.05) is 11.6 Å². The third-order valence-electron chi connectivity index (χ3n) is 2.57. The SMILES string of the molecule is NC(=O)CC(NC(=O)CCn1cc(Cl)ccc1=O)C(=O)O. The predicted molar refractivity (Wildman–Crippen MR) is 73.7 cm³/mol. The highest BCUT2D eigenvalue weighted by molar-refractivity contribution is 6.30. The van der Waals surface area contributed by atoms with Gasteiger partial charge in [0.05, 0.1) is 11.4 Å². The van der Waals surface area contributed by atoms with Crippen molar-refractivity contribution in [1.82, 2.24) is 9.88 Å². The van der Waals surface area contributed by atoms with Crippen LogP contribution in [0.1, 0.15) is 12.8 Å². The van der Waals surface area contributed by atoms with Crippen molar-refractivity contribution in [3.8, 4) is 0 Å². The Balaban J connectivity index is 2.60. The molecule has 1 aromatic heterocycles. The minimum atomic E-state index is -1.38. The summed E-state index contributed by atoms with van der Waals surface area (Å²) in [7, 11) is 0. The molecule has 0 aliphatic carbocycles. The lowest BCUT2D eigenvalue weighted by Crippen LogP contribution is -2.43. The molecule has 1 rings (SSSR count). The lowest BCUT2D eigenvalue weighted by atomic mass is 10.2. The van der Waals surface area contributed by atoms with E-state index in [-0.39, 0.29) is 18.5 Å². The van der Waals surface area contributed by atoms with Gasteiger partial charge in [0.15, 0.2) is 0 Å². The topological polar surface area (TPSA) is 131 Å². The molecule has 0 aromatic carbocycles. The Labute approximate surface area is 124 Å². The molecule has 0 spiro atoms. The third kappa shape index (κ3) is 5.65. The Kier molecular flexibility index (Phi) is 5.92. The number of nitrogens with zero attached hydrogens (tertiary/aromatic N) is 1. The second kappa shape index (κ2) is 7.44. The van der Waals surface area contributed by atoms with Crippen LogP contribution in [0.3, 0.4) is 0 Å². The largest absolute Gasteiger partial charge is 0.480 e. The number of aliphatic carboxylic acids is 1. The summed E-state index contributed by atoms with van der Waals surface area (Å²) in [6, 6.07) is 1.30. The van der Waals surface area contributed by atoms with E-state index in [9.17, 15) is 19.2 Å². The quantitative estimate of drug-likeness (QED) is 0.614. The molecule has 0 fully saturated rings. The number of pyridine rings is 1. The molecule has 4 N–H and O–H groups in total. The van der Waals surface area contributed by atoms with Crippen molar-refractivity contribution in [2.75, 3.05) is 0 Å². The molecule has 0 aliphatic rings. The van der Waals surface area contributed by atoms with Crippen LogP contribution in [0.4, 0.5) is 0 Å². The summed E-state index contributed by atoms with van der Waals surface area (Å²) in [6.45, 7) is 0.0359. The highest BCUT2D eigenvalue weighted by Gasteiger charge is 2.21. The fraction of sp³-hybridized carbons (Fsp3) is 0.333. The molecule has 0 saturated heterocycles. The summed E-state index contributed by atoms with van der Waals surface area (Å²) in [5.74, 6) is -2.81. The Morgan fingerprint density at radius 1 is 1.38 bits per heavy atom. The van der Waals surface area contributed by atoms with Gasteiger partial charge in [0.1, 0.15) is 6.04 Å². The second-order valence-electron chi connectivity index (χ2n) is 4.26. The summed E-state index contributed by atoms with van der Waals surface area (Å²) < 4.78 is 1.23. The van der Waals surface area contributed by atoms with Gasteiger partial charge in [-0.3, -0.25) is 14.4 Å². The number of nitrogens with one attached hydrogen (secondary N) is 1. The molecule has 0 bridgehead atoms. The minimum absolute atomic E-state index is 0.0359. The van der Waals surface area contributed by atoms with Crippen molar-refractivity contribution in [2.24, 2.45) is 5.73 Å². The van der Waals surface area contributed by atoms with Crippen LogP contribution in [0.15, 0.2) is 23.1 Å². The van der Waals surface area contributed by atoms with E-state index in [1.807, 2.05) is 0 Å². The summed E-state index contributed by atoms with van der Waals surface area (Å²) in [5, 5.41) is 11.3. The van der Waals surface area contributed by atoms with Crippen LogP contribution in [-0.2, 0) is 20.9 Å². The van der Waals surface area contributed by atoms with Gasteiger partial charge < -0.3 is 20.7 Å². The van der Waals surface area contributed by atoms with Crippen molar-refractivity contribution < 1.29 is 19.5 Å². The van der Waals surface area contributed by atoms with E-state index in [0.717, 1.165) is 0 Å². The second-order valence-corrected chi connectivity index (χ2v) is 4.69. The Morgan fingerprint density at radius 3 is 2.62 bits per heavy atom. The van der Waals surface area contributed by atoms with Gasteiger partial charge in [-0.15, -0.1) is 0 Å². The first-order valence-corrected chi connectivity index (χ1v) is 6.34. The highest BCUT2D eigenvalue weighted by atomic mass is 35.5. The maximum Gasteiger partial charge on any atom is 0.326 e. The molecule has 0 aliphatic heterocycles. The normalized spacial score (nSPS) is 11.7. The number of primary amides is 1. The van der Waals surface area contributed by atoms with Crippen LogP contribution in [0.25, 0.3) is 0 Å². The van der Waals surface area contributed by atoms with Crippen molar-refractivity contribution in [3.05, 3.63) is 33.7 Å². The van der Waals surface area contributed by atoms with Gasteiger partial charge in [-0.05, 0) is 6.07 Å². The van der Waals surface area contributed by atoms with Crippen molar-refractivity contribution >= 4 is 29.4 Å². The number of rotatable bonds is 7. The van der Waals surface area contributed by atoms with Crippen molar-refractivity contribution in [1.29, 1.82) is 0 Å². The molecule has 2 amide bonds. The zero-order valence-electron chi connectivity index (χ0n) is 10.9. The number of aryl methyl sites for hydroxylation is 1. The van der Waals surface area contributed by atoms with Gasteiger partial charge in [0.25, 0.3) is 5.56 Å². The number of carboxylic acids is 1. The number of amides is 2. The first-order valence-electron chi connectivity index (χ1n) is 5.96. The van der Waals surface area contributed by atoms with Crippen LogP contribution >= 0.6 is 11.6 Å². The maximum atomic E-state index is 11.6. The van der Waals surface area contributed by atoms with E-state index in [2.05, 4.69) is 5.32 Å². The van der Waals surface area contributed by atoms with Gasteiger partial charge in [-0.2, -0.15) is 0 Å². The van der Waals surface area contributed by atoms with Gasteiger partial charge >= 0.3 is 5.97 Å². The predicted octanol–water partition coefficient (Wildman–Crippen LogP) is -0.663. The zero-order valence-corrected chi connectivity index (χ0v) is 11.7. The highest BCUT2D eigenvalue weighted by Crippen LogP contribution is 2.03. The molecule has 9 heteroatoms. The first-order chi connectivity index (χ1) is 9.79. The van der Waals surface area contributed by atoms with E-state index in [1.54, 1.807) is 0 Å². The Hall–Kier alpha value is -2.35. The maximum absolute atomic E-state index is 11.6. The molecular weight excluding hydrogens is 302 g/mol. The smallest absolute Gasteiger partial charge is 0.326 e. The van der Waals surface area contributed by atoms with E-state index in [1.165, 1.54) is 22.9 Å². The molecule has 1 aromatic rings. The van der Waals surface area contributed by atoms with E-state index in [0.29, 0.717) is 5.02 Å². The molecule has 1 heterocycles. The number of nitrogens with two attached hydrogens (primary N) is 1. The van der Waals surface area contributed by atoms with Crippen LogP contribution in [-0.4, -0.2) is 33.5 Å². The van der Waals surface area contributed by atoms with Gasteiger partial charge in [0.2, 0.25) is 11.8 Å². The number of hydrogen-bond donors (Lipinski definition) is 3. The van der Waals surface area contributed by atoms with Crippen LogP contribution in [0.2, 0.25) is 5.02 Å². The van der Waals surface area contributed by atoms with E-state index in [4.69, 9.17) is 22.4 Å². The average molecular weight is 316 g/mol. The van der Waals surface area contributed by atoms with Crippen molar-refractivity contribution in [3.63, 3.8) is 0 Å². The molecule has 8 nitrogen and oxygen atoms in total. The number of carbonyl (C=O) groups is 3. The fourth-order valence-corrected chi connectivity index (χ4v) is 1.75. The lowest BCUT2D eigenvalue weighted by molar-refractivity contribution is -0.143. The number of aromatic nitrogens is 1. The molecule has 21 heavy (non-hydrogen) atoms. The molecule has 114 valence electrons. The first kappa shape index (κ1) is 16.7. The third-order valence-corrected chi connectivity index (χ3v) is 2.79. The standard InChI is InChI=1S/C12H14ClN3O5/c13-7-1-2-11(19)16(6-7)4-3-10(18)15-8(12(20)21)5-9(14)17/h1-2,6,8H,3-5H2,(H2,14,17)(H,15,18)(H,20,21). The molecule has 1 unspecified atom stereocenters. The number of carboxylic acid groups (broad SMARTS) is 1. The molecular formula is C12H14ClN3O5. The monoisotopic (exact) mass is 315 g/mol. The van der Waals surface area contributed by atoms with Crippen LogP contribution < -0.4 is 16.6 Å². The van der Waals surface area contributed by atoms with Gasteiger partial charge in [-0.25, -0.2) is 4.79 Å². The number of halogens is 1. The Morgan fingerprint density at radius 2 is 2.05 bits per heavy atom. The Bertz CT molecular complexity index is 613. The summed E-state index contributed by atoms with van der Waals surface area (Å²) in [4.78, 5) is 44.7. The van der Waals surface area contributed by atoms with E-state index >= 15 is 0 Å². The minimum Gasteiger partial charge on any atom is -0.480 e. The summed E-state index contributed by atoms with van der Waals surface area (Å²) in [6.07, 6.45) is 0.732. The number of hydrogen-bond acceptors (Lipinski definition) is 4. The molecule has 0 radical (unpaired) electrons. The molecule has 1 atom stereocenters. The summed E-state index contributed by atoms with van der Waals surface area (Å²) in [5.41, 5.74) is 4.56.